The van der Waals surface area contributed by atoms with Crippen LogP contribution in [0.5, 0.6) is 0 Å². The van der Waals surface area contributed by atoms with E-state index in [4.69, 9.17) is 4.74 Å². The number of anilines is 1. The summed E-state index contributed by atoms with van der Waals surface area (Å²) < 4.78 is 7.42. The number of ether oxygens (including phenoxy) is 1. The third-order valence-electron chi connectivity index (χ3n) is 4.76. The topological polar surface area (TPSA) is 72.3 Å². The van der Waals surface area contributed by atoms with Crippen molar-refractivity contribution in [3.05, 3.63) is 42.1 Å². The molecule has 1 aliphatic heterocycles. The van der Waals surface area contributed by atoms with E-state index in [9.17, 15) is 4.79 Å². The lowest BCUT2D eigenvalue weighted by molar-refractivity contribution is 0.0595. The third kappa shape index (κ3) is 4.60. The first-order valence-corrected chi connectivity index (χ1v) is 9.20. The van der Waals surface area contributed by atoms with Gasteiger partial charge in [-0.25, -0.2) is 9.97 Å². The molecule has 3 heterocycles. The first-order valence-electron chi connectivity index (χ1n) is 9.20. The molecule has 26 heavy (non-hydrogen) atoms. The van der Waals surface area contributed by atoms with E-state index in [1.807, 2.05) is 36.9 Å². The maximum Gasteiger partial charge on any atom is 0.255 e. The first-order chi connectivity index (χ1) is 12.7. The molecule has 7 nitrogen and oxygen atoms in total. The summed E-state index contributed by atoms with van der Waals surface area (Å²) in [5.74, 6) is 2.15. The molecule has 2 aromatic rings. The van der Waals surface area contributed by atoms with Crippen LogP contribution < -0.4 is 5.32 Å². The second kappa shape index (κ2) is 8.80. The van der Waals surface area contributed by atoms with Gasteiger partial charge in [-0.15, -0.1) is 0 Å². The molecule has 140 valence electrons. The zero-order valence-corrected chi connectivity index (χ0v) is 15.5. The van der Waals surface area contributed by atoms with Gasteiger partial charge in [0.1, 0.15) is 11.6 Å². The number of pyridine rings is 1. The Morgan fingerprint density at radius 3 is 2.92 bits per heavy atom. The average molecular weight is 357 g/mol. The van der Waals surface area contributed by atoms with Crippen LogP contribution in [-0.2, 0) is 18.3 Å². The molecule has 0 aliphatic carbocycles. The smallest absolute Gasteiger partial charge is 0.255 e. The molecule has 0 radical (unpaired) electrons. The van der Waals surface area contributed by atoms with E-state index in [0.29, 0.717) is 24.6 Å². The number of aromatic nitrogens is 3. The third-order valence-corrected chi connectivity index (χ3v) is 4.76. The molecular formula is C19H27N5O2. The number of hydrogen-bond donors (Lipinski definition) is 1. The number of carbonyl (C=O) groups is 1. The van der Waals surface area contributed by atoms with E-state index in [1.54, 1.807) is 17.3 Å². The SMILES string of the molecule is CCN(Cc1nccn1C)C(=O)c1ccc(NC[C@@H]2CCCOC2)nc1. The van der Waals surface area contributed by atoms with Gasteiger partial charge < -0.3 is 19.5 Å². The van der Waals surface area contributed by atoms with Crippen LogP contribution in [0.3, 0.4) is 0 Å². The molecule has 1 fully saturated rings. The Balaban J connectivity index is 1.57. The first kappa shape index (κ1) is 18.4. The quantitative estimate of drug-likeness (QED) is 0.823. The van der Waals surface area contributed by atoms with Gasteiger partial charge in [0.2, 0.25) is 0 Å². The van der Waals surface area contributed by atoms with Gasteiger partial charge in [0, 0.05) is 45.3 Å². The molecule has 0 spiro atoms. The van der Waals surface area contributed by atoms with Crippen molar-refractivity contribution in [2.24, 2.45) is 13.0 Å². The summed E-state index contributed by atoms with van der Waals surface area (Å²) in [6, 6.07) is 3.70. The van der Waals surface area contributed by atoms with Crippen LogP contribution in [0.2, 0.25) is 0 Å². The minimum Gasteiger partial charge on any atom is -0.381 e. The summed E-state index contributed by atoms with van der Waals surface area (Å²) in [5.41, 5.74) is 0.590. The predicted molar refractivity (Wildman–Crippen MR) is 99.9 cm³/mol. The van der Waals surface area contributed by atoms with E-state index in [2.05, 4.69) is 15.3 Å². The maximum atomic E-state index is 12.7. The van der Waals surface area contributed by atoms with Gasteiger partial charge in [-0.05, 0) is 37.8 Å². The average Bonchev–Trinajstić information content (AvgIpc) is 3.09. The molecule has 0 unspecified atom stereocenters. The standard InChI is InChI=1S/C19H27N5O2/c1-3-24(13-18-20-8-9-23(18)2)19(25)16-6-7-17(22-12-16)21-11-15-5-4-10-26-14-15/h6-9,12,15H,3-5,10-11,13-14H2,1-2H3,(H,21,22)/t15-/m0/s1. The number of rotatable bonds is 7. The lowest BCUT2D eigenvalue weighted by Gasteiger charge is -2.22. The van der Waals surface area contributed by atoms with Crippen molar-refractivity contribution in [3.63, 3.8) is 0 Å². The van der Waals surface area contributed by atoms with E-state index in [1.165, 1.54) is 6.42 Å². The lowest BCUT2D eigenvalue weighted by atomic mass is 10.0. The van der Waals surface area contributed by atoms with Gasteiger partial charge in [-0.1, -0.05) is 0 Å². The van der Waals surface area contributed by atoms with Crippen LogP contribution in [0, 0.1) is 5.92 Å². The van der Waals surface area contributed by atoms with Crippen LogP contribution in [0.25, 0.3) is 0 Å². The highest BCUT2D eigenvalue weighted by Gasteiger charge is 2.17. The Hall–Kier alpha value is -2.41. The summed E-state index contributed by atoms with van der Waals surface area (Å²) in [7, 11) is 1.93. The van der Waals surface area contributed by atoms with Gasteiger partial charge >= 0.3 is 0 Å². The second-order valence-electron chi connectivity index (χ2n) is 6.67. The fourth-order valence-electron chi connectivity index (χ4n) is 3.07. The summed E-state index contributed by atoms with van der Waals surface area (Å²) in [4.78, 5) is 23.2. The zero-order valence-electron chi connectivity index (χ0n) is 15.5. The molecule has 1 amide bonds. The summed E-state index contributed by atoms with van der Waals surface area (Å²) in [6.07, 6.45) is 7.57. The molecule has 1 aliphatic rings. The van der Waals surface area contributed by atoms with Crippen molar-refractivity contribution >= 4 is 11.7 Å². The van der Waals surface area contributed by atoms with Crippen molar-refractivity contribution in [1.82, 2.24) is 19.4 Å². The Morgan fingerprint density at radius 2 is 2.31 bits per heavy atom. The van der Waals surface area contributed by atoms with Crippen LogP contribution in [0.4, 0.5) is 5.82 Å². The van der Waals surface area contributed by atoms with Crippen LogP contribution >= 0.6 is 0 Å². The normalized spacial score (nSPS) is 17.1. The van der Waals surface area contributed by atoms with E-state index in [0.717, 1.165) is 37.8 Å². The molecular weight excluding hydrogens is 330 g/mol. The summed E-state index contributed by atoms with van der Waals surface area (Å²) in [6.45, 7) is 5.60. The molecule has 1 N–H and O–H groups in total. The van der Waals surface area contributed by atoms with Crippen LogP contribution in [0.1, 0.15) is 35.9 Å². The molecule has 1 saturated heterocycles. The fourth-order valence-corrected chi connectivity index (χ4v) is 3.07. The van der Waals surface area contributed by atoms with E-state index >= 15 is 0 Å². The minimum absolute atomic E-state index is 0.0322. The molecule has 0 aromatic carbocycles. The highest BCUT2D eigenvalue weighted by atomic mass is 16.5. The number of amides is 1. The predicted octanol–water partition coefficient (Wildman–Crippen LogP) is 2.32. The van der Waals surface area contributed by atoms with Gasteiger partial charge in [0.05, 0.1) is 18.7 Å². The van der Waals surface area contributed by atoms with Crippen molar-refractivity contribution in [1.29, 1.82) is 0 Å². The van der Waals surface area contributed by atoms with Crippen LogP contribution in [0.15, 0.2) is 30.7 Å². The highest BCUT2D eigenvalue weighted by molar-refractivity contribution is 5.94. The van der Waals surface area contributed by atoms with Gasteiger partial charge in [0.25, 0.3) is 5.91 Å². The Bertz CT molecular complexity index is 707. The molecule has 0 saturated carbocycles. The lowest BCUT2D eigenvalue weighted by Crippen LogP contribution is -2.31. The number of carbonyl (C=O) groups excluding carboxylic acids is 1. The van der Waals surface area contributed by atoms with Crippen molar-refractivity contribution in [2.75, 3.05) is 31.6 Å². The largest absolute Gasteiger partial charge is 0.381 e. The summed E-state index contributed by atoms with van der Waals surface area (Å²) >= 11 is 0. The molecule has 0 bridgehead atoms. The van der Waals surface area contributed by atoms with Gasteiger partial charge in [0.15, 0.2) is 0 Å². The Morgan fingerprint density at radius 1 is 1.42 bits per heavy atom. The minimum atomic E-state index is -0.0322. The van der Waals surface area contributed by atoms with Crippen molar-refractivity contribution < 1.29 is 9.53 Å². The summed E-state index contributed by atoms with van der Waals surface area (Å²) in [5, 5.41) is 3.34. The Labute approximate surface area is 154 Å². The second-order valence-corrected chi connectivity index (χ2v) is 6.67. The van der Waals surface area contributed by atoms with Gasteiger partial charge in [-0.2, -0.15) is 0 Å². The van der Waals surface area contributed by atoms with Crippen molar-refractivity contribution in [2.45, 2.75) is 26.3 Å². The molecule has 1 atom stereocenters. The van der Waals surface area contributed by atoms with E-state index < -0.39 is 0 Å². The number of nitrogens with one attached hydrogen (secondary N) is 1. The number of hydrogen-bond acceptors (Lipinski definition) is 5. The Kier molecular flexibility index (Phi) is 6.22. The van der Waals surface area contributed by atoms with Crippen molar-refractivity contribution in [3.8, 4) is 0 Å². The molecule has 3 rings (SSSR count). The molecule has 2 aromatic heterocycles. The monoisotopic (exact) mass is 357 g/mol. The van der Waals surface area contributed by atoms with E-state index in [-0.39, 0.29) is 5.91 Å². The van der Waals surface area contributed by atoms with Crippen LogP contribution in [-0.4, -0.2) is 51.6 Å². The zero-order chi connectivity index (χ0) is 18.4. The number of imidazole rings is 1. The maximum absolute atomic E-state index is 12.7. The number of aryl methyl sites for hydroxylation is 1. The fraction of sp³-hybridized carbons (Fsp3) is 0.526. The highest BCUT2D eigenvalue weighted by Crippen LogP contribution is 2.15. The number of nitrogens with zero attached hydrogens (tertiary/aromatic N) is 4. The molecule has 7 heteroatoms. The van der Waals surface area contributed by atoms with Gasteiger partial charge in [-0.3, -0.25) is 4.79 Å².